The largest absolute Gasteiger partial charge is 0.462 e. The molecule has 0 aliphatic carbocycles. The molecule has 0 aliphatic rings. The van der Waals surface area contributed by atoms with Gasteiger partial charge >= 0.3 is 5.97 Å². The summed E-state index contributed by atoms with van der Waals surface area (Å²) in [6, 6.07) is 7.53. The van der Waals surface area contributed by atoms with Gasteiger partial charge in [-0.25, -0.2) is 13.1 Å². The molecule has 0 fully saturated rings. The van der Waals surface area contributed by atoms with E-state index in [9.17, 15) is 27.6 Å². The molecule has 0 saturated heterocycles. The molecule has 0 saturated carbocycles. The highest BCUT2D eigenvalue weighted by molar-refractivity contribution is 7.90. The lowest BCUT2D eigenvalue weighted by Crippen LogP contribution is -2.32. The Labute approximate surface area is 215 Å². The predicted molar refractivity (Wildman–Crippen MR) is 132 cm³/mol. The van der Waals surface area contributed by atoms with Gasteiger partial charge in [0.05, 0.1) is 16.6 Å². The summed E-state index contributed by atoms with van der Waals surface area (Å²) in [7, 11) is -4.24. The van der Waals surface area contributed by atoms with Gasteiger partial charge in [0.1, 0.15) is 12.2 Å². The molecule has 1 aromatic heterocycles. The number of nitrogens with one attached hydrogen (secondary N) is 3. The Balaban J connectivity index is 1.93. The summed E-state index contributed by atoms with van der Waals surface area (Å²) in [6.07, 6.45) is 1.35. The number of nitrogens with zero attached hydrogens (tertiary/aromatic N) is 1. The highest BCUT2D eigenvalue weighted by atomic mass is 32.2. The van der Waals surface area contributed by atoms with E-state index in [4.69, 9.17) is 9.47 Å². The van der Waals surface area contributed by atoms with E-state index in [2.05, 4.69) is 15.6 Å². The Bertz CT molecular complexity index is 1200. The van der Waals surface area contributed by atoms with E-state index in [1.54, 1.807) is 13.8 Å². The van der Waals surface area contributed by atoms with Gasteiger partial charge in [-0.15, -0.1) is 0 Å². The Hall–Kier alpha value is -3.84. The molecule has 1 aromatic carbocycles. The molecule has 3 N–H and O–H groups in total. The highest BCUT2D eigenvalue weighted by Crippen LogP contribution is 2.12. The van der Waals surface area contributed by atoms with Crippen molar-refractivity contribution in [2.75, 3.05) is 26.3 Å². The first kappa shape index (κ1) is 29.4. The molecule has 2 rings (SSSR count). The first-order valence-electron chi connectivity index (χ1n) is 11.5. The highest BCUT2D eigenvalue weighted by Gasteiger charge is 2.20. The number of aromatic nitrogens is 1. The van der Waals surface area contributed by atoms with Crippen LogP contribution in [-0.4, -0.2) is 69.5 Å². The lowest BCUT2D eigenvalue weighted by molar-refractivity contribution is -0.146. The zero-order valence-corrected chi connectivity index (χ0v) is 21.6. The molecular formula is C24H30N4O8S. The molecule has 0 atom stereocenters. The first-order chi connectivity index (χ1) is 17.5. The van der Waals surface area contributed by atoms with E-state index in [0.29, 0.717) is 26.2 Å². The average molecular weight is 535 g/mol. The minimum Gasteiger partial charge on any atom is -0.462 e. The molecule has 13 heteroatoms. The summed E-state index contributed by atoms with van der Waals surface area (Å²) in [6.45, 7) is 6.40. The minimum absolute atomic E-state index is 0.0801. The molecule has 3 amide bonds. The third-order valence-corrected chi connectivity index (χ3v) is 5.97. The second-order valence-corrected chi connectivity index (χ2v) is 9.60. The number of pyridine rings is 1. The van der Waals surface area contributed by atoms with Crippen molar-refractivity contribution in [2.24, 2.45) is 0 Å². The van der Waals surface area contributed by atoms with Crippen molar-refractivity contribution in [1.29, 1.82) is 0 Å². The van der Waals surface area contributed by atoms with Gasteiger partial charge < -0.3 is 20.1 Å². The quantitative estimate of drug-likeness (QED) is 0.251. The summed E-state index contributed by atoms with van der Waals surface area (Å²) in [4.78, 5) is 51.8. The first-order valence-corrected chi connectivity index (χ1v) is 13.0. The van der Waals surface area contributed by atoms with Crippen molar-refractivity contribution in [3.8, 4) is 0 Å². The maximum atomic E-state index is 12.6. The van der Waals surface area contributed by atoms with Gasteiger partial charge in [-0.3, -0.25) is 24.2 Å². The maximum Gasteiger partial charge on any atom is 0.325 e. The van der Waals surface area contributed by atoms with Crippen molar-refractivity contribution >= 4 is 33.7 Å². The molecule has 37 heavy (non-hydrogen) atoms. The number of benzene rings is 1. The van der Waals surface area contributed by atoms with Crippen LogP contribution in [0.5, 0.6) is 0 Å². The zero-order chi connectivity index (χ0) is 27.4. The number of rotatable bonds is 13. The SMILES string of the molecule is CCOCCCNC(=O)c1ccc(S(=O)(=O)NC(=O)c2ccc(C(=O)NCC(=O)OC(C)C)nc2)cc1. The van der Waals surface area contributed by atoms with E-state index < -0.39 is 27.8 Å². The van der Waals surface area contributed by atoms with E-state index in [1.807, 2.05) is 11.6 Å². The van der Waals surface area contributed by atoms with Gasteiger partial charge in [0.25, 0.3) is 27.7 Å². The van der Waals surface area contributed by atoms with Crippen molar-refractivity contribution in [2.45, 2.75) is 38.2 Å². The molecule has 0 radical (unpaired) electrons. The monoisotopic (exact) mass is 534 g/mol. The molecule has 0 bridgehead atoms. The van der Waals surface area contributed by atoms with Gasteiger partial charge in [-0.1, -0.05) is 0 Å². The summed E-state index contributed by atoms with van der Waals surface area (Å²) < 4.78 is 37.2. The molecule has 0 spiro atoms. The summed E-state index contributed by atoms with van der Waals surface area (Å²) in [5.41, 5.74) is 0.0723. The van der Waals surface area contributed by atoms with E-state index in [0.717, 1.165) is 6.20 Å². The second-order valence-electron chi connectivity index (χ2n) is 7.92. The Morgan fingerprint density at radius 1 is 0.919 bits per heavy atom. The smallest absolute Gasteiger partial charge is 0.325 e. The standard InChI is InChI=1S/C24H30N4O8S/c1-4-35-13-5-12-25-22(30)17-6-9-19(10-7-17)37(33,34)28-23(31)18-8-11-20(26-14-18)24(32)27-15-21(29)36-16(2)3/h6-11,14,16H,4-5,12-13,15H2,1-3H3,(H,25,30)(H,27,32)(H,28,31). The van der Waals surface area contributed by atoms with Crippen LogP contribution < -0.4 is 15.4 Å². The summed E-state index contributed by atoms with van der Waals surface area (Å²) >= 11 is 0. The fourth-order valence-corrected chi connectivity index (χ4v) is 3.83. The van der Waals surface area contributed by atoms with Gasteiger partial charge in [-0.2, -0.15) is 0 Å². The van der Waals surface area contributed by atoms with Gasteiger partial charge in [0, 0.05) is 31.5 Å². The third-order valence-electron chi connectivity index (χ3n) is 4.63. The van der Waals surface area contributed by atoms with Crippen molar-refractivity contribution < 1.29 is 37.1 Å². The molecule has 0 aliphatic heterocycles. The van der Waals surface area contributed by atoms with Crippen LogP contribution in [0.15, 0.2) is 47.5 Å². The van der Waals surface area contributed by atoms with Gasteiger partial charge in [0.15, 0.2) is 0 Å². The lowest BCUT2D eigenvalue weighted by atomic mass is 10.2. The number of carbonyl (C=O) groups excluding carboxylic acids is 4. The minimum atomic E-state index is -4.24. The van der Waals surface area contributed by atoms with Crippen molar-refractivity contribution in [1.82, 2.24) is 20.3 Å². The van der Waals surface area contributed by atoms with Gasteiger partial charge in [0.2, 0.25) is 0 Å². The second kappa shape index (κ2) is 14.0. The summed E-state index contributed by atoms with van der Waals surface area (Å²) in [5, 5.41) is 5.04. The number of hydrogen-bond donors (Lipinski definition) is 3. The molecular weight excluding hydrogens is 504 g/mol. The number of sulfonamides is 1. The summed E-state index contributed by atoms with van der Waals surface area (Å²) in [5.74, 6) is -2.61. The zero-order valence-electron chi connectivity index (χ0n) is 20.8. The average Bonchev–Trinajstić information content (AvgIpc) is 2.86. The Morgan fingerprint density at radius 2 is 1.59 bits per heavy atom. The van der Waals surface area contributed by atoms with Crippen LogP contribution in [0.25, 0.3) is 0 Å². The van der Waals surface area contributed by atoms with Crippen molar-refractivity contribution in [3.05, 3.63) is 59.4 Å². The number of hydrogen-bond acceptors (Lipinski definition) is 9. The number of carbonyl (C=O) groups is 4. The number of esters is 1. The molecule has 2 aromatic rings. The maximum absolute atomic E-state index is 12.6. The van der Waals surface area contributed by atoms with Crippen LogP contribution in [0.4, 0.5) is 0 Å². The van der Waals surface area contributed by atoms with E-state index >= 15 is 0 Å². The normalized spacial score (nSPS) is 11.0. The Morgan fingerprint density at radius 3 is 2.19 bits per heavy atom. The topological polar surface area (TPSA) is 170 Å². The predicted octanol–water partition coefficient (Wildman–Crippen LogP) is 1.04. The Kier molecular flexibility index (Phi) is 11.2. The number of ether oxygens (including phenoxy) is 2. The third kappa shape index (κ3) is 9.61. The molecule has 200 valence electrons. The van der Waals surface area contributed by atoms with Crippen LogP contribution in [0.3, 0.4) is 0 Å². The lowest BCUT2D eigenvalue weighted by Gasteiger charge is -2.09. The van der Waals surface area contributed by atoms with Gasteiger partial charge in [-0.05, 0) is 63.6 Å². The molecule has 12 nitrogen and oxygen atoms in total. The molecule has 1 heterocycles. The van der Waals surface area contributed by atoms with Crippen molar-refractivity contribution in [3.63, 3.8) is 0 Å². The fourth-order valence-electron chi connectivity index (χ4n) is 2.86. The van der Waals surface area contributed by atoms with Crippen LogP contribution >= 0.6 is 0 Å². The van der Waals surface area contributed by atoms with E-state index in [1.165, 1.54) is 36.4 Å². The van der Waals surface area contributed by atoms with Crippen LogP contribution in [0, 0.1) is 0 Å². The fraction of sp³-hybridized carbons (Fsp3) is 0.375. The number of amides is 3. The van der Waals surface area contributed by atoms with E-state index in [-0.39, 0.29) is 40.3 Å². The van der Waals surface area contributed by atoms with Crippen LogP contribution in [-0.2, 0) is 24.3 Å². The van der Waals surface area contributed by atoms with Crippen LogP contribution in [0.1, 0.15) is 58.4 Å². The molecule has 0 unspecified atom stereocenters. The van der Waals surface area contributed by atoms with Crippen LogP contribution in [0.2, 0.25) is 0 Å².